The summed E-state index contributed by atoms with van der Waals surface area (Å²) < 4.78 is 37.9. The summed E-state index contributed by atoms with van der Waals surface area (Å²) in [6, 6.07) is 17.2. The van der Waals surface area contributed by atoms with Gasteiger partial charge in [-0.05, 0) is 54.9 Å². The van der Waals surface area contributed by atoms with E-state index in [0.717, 1.165) is 11.3 Å². The molecule has 1 saturated heterocycles. The molecule has 37 heavy (non-hydrogen) atoms. The fraction of sp³-hybridized carbons (Fsp3) is 0.586. The molecule has 8 heteroatoms. The topological polar surface area (TPSA) is 75.6 Å². The highest BCUT2D eigenvalue weighted by Crippen LogP contribution is 2.43. The molecule has 1 N–H and O–H groups in total. The van der Waals surface area contributed by atoms with E-state index >= 15 is 0 Å². The summed E-state index contributed by atoms with van der Waals surface area (Å²) in [5, 5.41) is 10.4. The van der Waals surface area contributed by atoms with Crippen molar-refractivity contribution >= 4 is 8.32 Å². The molecule has 0 amide bonds. The Labute approximate surface area is 223 Å². The summed E-state index contributed by atoms with van der Waals surface area (Å²) in [5.74, 6) is 0.218. The second-order valence-corrected chi connectivity index (χ2v) is 15.9. The maximum Gasteiger partial charge on any atom is 0.237 e. The van der Waals surface area contributed by atoms with Crippen LogP contribution in [0.4, 0.5) is 0 Å². The minimum atomic E-state index is -2.29. The first-order chi connectivity index (χ1) is 17.4. The molecule has 1 fully saturated rings. The van der Waals surface area contributed by atoms with Crippen molar-refractivity contribution in [3.05, 3.63) is 60.2 Å². The zero-order chi connectivity index (χ0) is 27.3. The Bertz CT molecular complexity index is 960. The zero-order valence-corrected chi connectivity index (χ0v) is 24.5. The van der Waals surface area contributed by atoms with Gasteiger partial charge in [0, 0.05) is 13.5 Å². The van der Waals surface area contributed by atoms with Crippen molar-refractivity contribution < 1.29 is 33.2 Å². The van der Waals surface area contributed by atoms with Crippen molar-refractivity contribution in [3.8, 4) is 11.5 Å². The van der Waals surface area contributed by atoms with Crippen molar-refractivity contribution in [1.29, 1.82) is 0 Å². The number of aliphatic hydroxyl groups excluding tert-OH is 1. The van der Waals surface area contributed by atoms with Gasteiger partial charge in [-0.15, -0.1) is 0 Å². The molecule has 0 spiro atoms. The molecule has 5 atom stereocenters. The van der Waals surface area contributed by atoms with Crippen LogP contribution in [-0.4, -0.2) is 64.0 Å². The lowest BCUT2D eigenvalue weighted by atomic mass is 9.92. The van der Waals surface area contributed by atoms with Crippen LogP contribution in [0.25, 0.3) is 0 Å². The van der Waals surface area contributed by atoms with E-state index < -0.39 is 38.5 Å². The third kappa shape index (κ3) is 7.13. The molecular formula is C29H44O7Si. The molecule has 1 aliphatic heterocycles. The molecule has 1 aliphatic rings. The summed E-state index contributed by atoms with van der Waals surface area (Å²) in [5.41, 5.74) is 0.977. The largest absolute Gasteiger partial charge is 0.497 e. The first kappa shape index (κ1) is 29.6. The first-order valence-corrected chi connectivity index (χ1v) is 15.9. The van der Waals surface area contributed by atoms with Crippen LogP contribution in [0.5, 0.6) is 11.5 Å². The van der Waals surface area contributed by atoms with Crippen molar-refractivity contribution in [1.82, 2.24) is 0 Å². The maximum atomic E-state index is 10.5. The highest BCUT2D eigenvalue weighted by atomic mass is 28.4. The number of rotatable bonds is 11. The summed E-state index contributed by atoms with van der Waals surface area (Å²) in [4.78, 5) is 0. The van der Waals surface area contributed by atoms with Crippen LogP contribution < -0.4 is 9.47 Å². The molecule has 0 bridgehead atoms. The summed E-state index contributed by atoms with van der Waals surface area (Å²) >= 11 is 0. The fourth-order valence-corrected chi connectivity index (χ4v) is 5.54. The average molecular weight is 533 g/mol. The molecular weight excluding hydrogens is 488 g/mol. The van der Waals surface area contributed by atoms with Gasteiger partial charge in [-0.25, -0.2) is 0 Å². The second kappa shape index (κ2) is 12.3. The van der Waals surface area contributed by atoms with Crippen LogP contribution in [0.3, 0.4) is 0 Å². The van der Waals surface area contributed by atoms with E-state index in [-0.39, 0.29) is 11.6 Å². The normalized spacial score (nSPS) is 26.6. The molecule has 0 unspecified atom stereocenters. The van der Waals surface area contributed by atoms with Crippen molar-refractivity contribution in [2.24, 2.45) is 0 Å². The average Bonchev–Trinajstić information content (AvgIpc) is 2.85. The summed E-state index contributed by atoms with van der Waals surface area (Å²) in [7, 11) is -0.651. The van der Waals surface area contributed by atoms with Crippen molar-refractivity contribution in [2.45, 2.75) is 89.6 Å². The smallest absolute Gasteiger partial charge is 0.237 e. The minimum absolute atomic E-state index is 0.0476. The third-order valence-corrected chi connectivity index (χ3v) is 11.8. The Hall–Kier alpha value is -1.94. The molecule has 206 valence electrons. The van der Waals surface area contributed by atoms with Gasteiger partial charge in [-0.2, -0.15) is 0 Å². The van der Waals surface area contributed by atoms with Gasteiger partial charge in [-0.3, -0.25) is 0 Å². The van der Waals surface area contributed by atoms with Crippen LogP contribution in [0.2, 0.25) is 18.1 Å². The Morgan fingerprint density at radius 3 is 2.14 bits per heavy atom. The lowest BCUT2D eigenvalue weighted by Crippen LogP contribution is -2.69. The quantitative estimate of drug-likeness (QED) is 0.380. The Kier molecular flexibility index (Phi) is 9.83. The van der Waals surface area contributed by atoms with E-state index in [4.69, 9.17) is 28.1 Å². The lowest BCUT2D eigenvalue weighted by molar-refractivity contribution is -0.341. The van der Waals surface area contributed by atoms with Gasteiger partial charge in [0.15, 0.2) is 8.32 Å². The Balaban J connectivity index is 1.98. The SMILES string of the molecule is CCO[C@H]1[C@@H](O[Si](C)(C)C(C)(C)C)[C@H](OCc2ccc(OC)cc2)[C@@H](CO)O[C@]1(C)Oc1ccccc1. The van der Waals surface area contributed by atoms with Crippen LogP contribution in [0, 0.1) is 0 Å². The predicted octanol–water partition coefficient (Wildman–Crippen LogP) is 5.56. The molecule has 0 radical (unpaired) electrons. The second-order valence-electron chi connectivity index (χ2n) is 11.1. The number of methoxy groups -OCH3 is 1. The van der Waals surface area contributed by atoms with E-state index in [1.165, 1.54) is 0 Å². The summed E-state index contributed by atoms with van der Waals surface area (Å²) in [6.07, 6.45) is -2.39. The molecule has 3 rings (SSSR count). The van der Waals surface area contributed by atoms with Crippen LogP contribution in [0.15, 0.2) is 54.6 Å². The monoisotopic (exact) mass is 532 g/mol. The lowest BCUT2D eigenvalue weighted by Gasteiger charge is -2.53. The van der Waals surface area contributed by atoms with Gasteiger partial charge in [0.05, 0.1) is 20.3 Å². The Morgan fingerprint density at radius 2 is 1.59 bits per heavy atom. The number of hydrogen-bond donors (Lipinski definition) is 1. The van der Waals surface area contributed by atoms with Gasteiger partial charge >= 0.3 is 0 Å². The number of ether oxygens (including phenoxy) is 5. The van der Waals surface area contributed by atoms with Gasteiger partial charge in [0.2, 0.25) is 5.79 Å². The van der Waals surface area contributed by atoms with E-state index in [1.54, 1.807) is 7.11 Å². The maximum absolute atomic E-state index is 10.5. The van der Waals surface area contributed by atoms with Crippen LogP contribution in [-0.2, 0) is 25.2 Å². The van der Waals surface area contributed by atoms with Gasteiger partial charge < -0.3 is 33.2 Å². The standard InChI is InChI=1S/C29H44O7Si/c1-9-32-27-26(36-37(7,8)28(2,3)4)25(33-20-21-15-17-22(31-6)18-16-21)24(19-30)35-29(27,5)34-23-13-11-10-12-14-23/h10-18,24-27,30H,9,19-20H2,1-8H3/t24-,25-,26+,27+,29+/m1/s1. The van der Waals surface area contributed by atoms with E-state index in [1.807, 2.05) is 68.4 Å². The molecule has 0 aromatic heterocycles. The first-order valence-electron chi connectivity index (χ1n) is 13.0. The van der Waals surface area contributed by atoms with Crippen molar-refractivity contribution in [2.75, 3.05) is 20.3 Å². The summed E-state index contributed by atoms with van der Waals surface area (Å²) in [6.45, 7) is 15.3. The Morgan fingerprint density at radius 1 is 0.946 bits per heavy atom. The molecule has 1 heterocycles. The number of benzene rings is 2. The molecule has 7 nitrogen and oxygen atoms in total. The van der Waals surface area contributed by atoms with E-state index in [9.17, 15) is 5.11 Å². The molecule has 2 aromatic rings. The number of aliphatic hydroxyl groups is 1. The van der Waals surface area contributed by atoms with Gasteiger partial charge in [0.1, 0.15) is 35.9 Å². The highest BCUT2D eigenvalue weighted by Gasteiger charge is 2.58. The zero-order valence-electron chi connectivity index (χ0n) is 23.5. The van der Waals surface area contributed by atoms with Crippen LogP contribution >= 0.6 is 0 Å². The third-order valence-electron chi connectivity index (χ3n) is 7.32. The predicted molar refractivity (Wildman–Crippen MR) is 146 cm³/mol. The van der Waals surface area contributed by atoms with E-state index in [0.29, 0.717) is 19.0 Å². The van der Waals surface area contributed by atoms with E-state index in [2.05, 4.69) is 33.9 Å². The van der Waals surface area contributed by atoms with Gasteiger partial charge in [0.25, 0.3) is 0 Å². The van der Waals surface area contributed by atoms with Gasteiger partial charge in [-0.1, -0.05) is 51.1 Å². The minimum Gasteiger partial charge on any atom is -0.497 e. The molecule has 0 saturated carbocycles. The molecule has 2 aromatic carbocycles. The molecule has 0 aliphatic carbocycles. The number of hydrogen-bond acceptors (Lipinski definition) is 7. The van der Waals surface area contributed by atoms with Crippen LogP contribution in [0.1, 0.15) is 40.2 Å². The fourth-order valence-electron chi connectivity index (χ4n) is 4.25. The number of para-hydroxylation sites is 1. The van der Waals surface area contributed by atoms with Crippen molar-refractivity contribution in [3.63, 3.8) is 0 Å². The highest BCUT2D eigenvalue weighted by molar-refractivity contribution is 6.74.